The summed E-state index contributed by atoms with van der Waals surface area (Å²) in [6, 6.07) is 5.80. The maximum atomic E-state index is 11.6. The Labute approximate surface area is 194 Å². The fourth-order valence-corrected chi connectivity index (χ4v) is 4.31. The smallest absolute Gasteiger partial charge is 0.319 e. The highest BCUT2D eigenvalue weighted by Gasteiger charge is 2.25. The molecule has 1 aliphatic heterocycles. The number of esters is 1. The van der Waals surface area contributed by atoms with Crippen LogP contribution < -0.4 is 20.7 Å². The quantitative estimate of drug-likeness (QED) is 0.271. The largest absolute Gasteiger partial charge is 0.619 e. The Hall–Kier alpha value is -2.92. The van der Waals surface area contributed by atoms with E-state index in [1.807, 2.05) is 12.1 Å². The molecule has 4 heterocycles. The van der Waals surface area contributed by atoms with E-state index in [9.17, 15) is 10.0 Å². The molecule has 3 aromatic heterocycles. The van der Waals surface area contributed by atoms with Crippen LogP contribution in [0.5, 0.6) is 0 Å². The molecule has 1 atom stereocenters. The second-order valence-electron chi connectivity index (χ2n) is 7.71. The predicted molar refractivity (Wildman–Crippen MR) is 123 cm³/mol. The topological polar surface area (TPSA) is 125 Å². The number of carbonyl (C=O) groups excluding carboxylic acids is 1. The number of carbonyl (C=O) groups is 1. The van der Waals surface area contributed by atoms with Gasteiger partial charge >= 0.3 is 5.97 Å². The summed E-state index contributed by atoms with van der Waals surface area (Å²) in [4.78, 5) is 18.5. The molecule has 10 nitrogen and oxygen atoms in total. The van der Waals surface area contributed by atoms with Crippen molar-refractivity contribution in [3.8, 4) is 0 Å². The number of nitrogens with zero attached hydrogens (tertiary/aromatic N) is 5. The van der Waals surface area contributed by atoms with Gasteiger partial charge in [-0.05, 0) is 41.3 Å². The van der Waals surface area contributed by atoms with E-state index in [1.165, 1.54) is 12.4 Å². The second-order valence-corrected chi connectivity index (χ2v) is 8.56. The molecule has 0 spiro atoms. The zero-order chi connectivity index (χ0) is 22.5. The van der Waals surface area contributed by atoms with Gasteiger partial charge in [0.05, 0.1) is 23.8 Å². The van der Waals surface area contributed by atoms with Gasteiger partial charge in [0.15, 0.2) is 18.0 Å². The summed E-state index contributed by atoms with van der Waals surface area (Å²) in [5.74, 6) is 1.22. The van der Waals surface area contributed by atoms with E-state index in [1.54, 1.807) is 16.8 Å². The Balaban J connectivity index is 1.58. The molecule has 1 saturated heterocycles. The Morgan fingerprint density at radius 1 is 1.44 bits per heavy atom. The van der Waals surface area contributed by atoms with E-state index in [0.717, 1.165) is 58.6 Å². The third-order valence-corrected chi connectivity index (χ3v) is 6.09. The zero-order valence-corrected chi connectivity index (χ0v) is 19.2. The first-order chi connectivity index (χ1) is 15.5. The highest BCUT2D eigenvalue weighted by Crippen LogP contribution is 2.30. The normalized spacial score (nSPS) is 16.3. The fourth-order valence-electron chi connectivity index (χ4n) is 3.96. The lowest BCUT2D eigenvalue weighted by molar-refractivity contribution is -0.605. The number of hydrogen-bond acceptors (Lipinski definition) is 8. The average molecular weight is 504 g/mol. The van der Waals surface area contributed by atoms with Crippen molar-refractivity contribution in [2.75, 3.05) is 29.9 Å². The van der Waals surface area contributed by atoms with Crippen LogP contribution in [0.1, 0.15) is 31.2 Å². The van der Waals surface area contributed by atoms with E-state index in [0.29, 0.717) is 18.8 Å². The average Bonchev–Trinajstić information content (AvgIpc) is 3.18. The molecule has 0 saturated carbocycles. The van der Waals surface area contributed by atoms with Gasteiger partial charge in [0.25, 0.3) is 0 Å². The van der Waals surface area contributed by atoms with E-state index >= 15 is 0 Å². The van der Waals surface area contributed by atoms with Gasteiger partial charge in [-0.2, -0.15) is 14.3 Å². The van der Waals surface area contributed by atoms with Crippen LogP contribution in [0.25, 0.3) is 5.65 Å². The molecule has 3 N–H and O–H groups in total. The van der Waals surface area contributed by atoms with Crippen LogP contribution >= 0.6 is 15.9 Å². The van der Waals surface area contributed by atoms with Crippen LogP contribution in [0.3, 0.4) is 0 Å². The van der Waals surface area contributed by atoms with Crippen molar-refractivity contribution in [1.82, 2.24) is 14.6 Å². The fraction of sp³-hybridized carbons (Fsp3) is 0.429. The third kappa shape index (κ3) is 5.10. The van der Waals surface area contributed by atoms with Gasteiger partial charge in [-0.15, -0.1) is 0 Å². The molecule has 1 aliphatic rings. The third-order valence-electron chi connectivity index (χ3n) is 5.53. The predicted octanol–water partition coefficient (Wildman–Crippen LogP) is 1.99. The van der Waals surface area contributed by atoms with Crippen LogP contribution in [0.15, 0.2) is 41.3 Å². The molecular weight excluding hydrogens is 478 g/mol. The molecule has 0 radical (unpaired) electrons. The number of hydrogen-bond donors (Lipinski definition) is 2. The van der Waals surface area contributed by atoms with Gasteiger partial charge in [0.2, 0.25) is 0 Å². The Bertz CT molecular complexity index is 1090. The van der Waals surface area contributed by atoms with Crippen molar-refractivity contribution >= 4 is 39.2 Å². The molecule has 0 aromatic carbocycles. The van der Waals surface area contributed by atoms with E-state index in [-0.39, 0.29) is 18.6 Å². The highest BCUT2D eigenvalue weighted by atomic mass is 79.9. The van der Waals surface area contributed by atoms with Gasteiger partial charge < -0.3 is 25.9 Å². The van der Waals surface area contributed by atoms with Crippen LogP contribution in [0.2, 0.25) is 0 Å². The van der Waals surface area contributed by atoms with Crippen LogP contribution in [0.4, 0.5) is 11.6 Å². The van der Waals surface area contributed by atoms with Crippen LogP contribution in [0, 0.1) is 5.21 Å². The molecular formula is C21H26BrN7O3. The number of rotatable bonds is 8. The van der Waals surface area contributed by atoms with Crippen molar-refractivity contribution in [2.45, 2.75) is 38.3 Å². The Morgan fingerprint density at radius 3 is 3.12 bits per heavy atom. The number of halogens is 1. The van der Waals surface area contributed by atoms with Gasteiger partial charge in [-0.3, -0.25) is 4.79 Å². The van der Waals surface area contributed by atoms with E-state index in [4.69, 9.17) is 15.5 Å². The molecule has 3 aromatic rings. The lowest BCUT2D eigenvalue weighted by Gasteiger charge is -2.37. The minimum absolute atomic E-state index is 0.107. The van der Waals surface area contributed by atoms with E-state index in [2.05, 4.69) is 31.2 Å². The number of aromatic nitrogens is 4. The molecule has 1 fully saturated rings. The molecule has 0 bridgehead atoms. The standard InChI is InChI=1S/C21H26BrN7O3/c22-17-13-25-29-18(24-12-15-4-3-7-27(31)14-15)10-19(26-21(17)29)28-8-2-1-5-16(28)6-9-32-20(30)11-23/h3-4,7,10,13-14,16,24H,1-2,5-6,8-9,11-12,23H2/t16-/m0/s1. The molecule has 0 unspecified atom stereocenters. The number of fused-ring (bicyclic) bond motifs is 1. The van der Waals surface area contributed by atoms with E-state index < -0.39 is 0 Å². The van der Waals surface area contributed by atoms with Gasteiger partial charge in [-0.25, -0.2) is 4.98 Å². The number of ether oxygens (including phenoxy) is 1. The maximum Gasteiger partial charge on any atom is 0.319 e. The zero-order valence-electron chi connectivity index (χ0n) is 17.6. The maximum absolute atomic E-state index is 11.6. The summed E-state index contributed by atoms with van der Waals surface area (Å²) in [5, 5.41) is 19.4. The first-order valence-corrected chi connectivity index (χ1v) is 11.4. The summed E-state index contributed by atoms with van der Waals surface area (Å²) < 4.78 is 8.52. The lowest BCUT2D eigenvalue weighted by atomic mass is 9.99. The van der Waals surface area contributed by atoms with Crippen molar-refractivity contribution in [3.63, 3.8) is 0 Å². The summed E-state index contributed by atoms with van der Waals surface area (Å²) in [6.07, 6.45) is 8.62. The summed E-state index contributed by atoms with van der Waals surface area (Å²) in [5.41, 5.74) is 6.89. The monoisotopic (exact) mass is 503 g/mol. The second kappa shape index (κ2) is 10.1. The SMILES string of the molecule is NCC(=O)OCC[C@@H]1CCCCN1c1cc(NCc2ccc[n+]([O-])c2)n2ncc(Br)c2n1. The van der Waals surface area contributed by atoms with Gasteiger partial charge in [0.1, 0.15) is 11.6 Å². The van der Waals surface area contributed by atoms with Crippen molar-refractivity contribution < 1.29 is 14.3 Å². The van der Waals surface area contributed by atoms with Gasteiger partial charge in [-0.1, -0.05) is 0 Å². The van der Waals surface area contributed by atoms with Crippen molar-refractivity contribution in [3.05, 3.63) is 52.0 Å². The lowest BCUT2D eigenvalue weighted by Crippen LogP contribution is -2.41. The molecule has 32 heavy (non-hydrogen) atoms. The first-order valence-electron chi connectivity index (χ1n) is 10.6. The number of piperidine rings is 1. The first kappa shape index (κ1) is 22.3. The van der Waals surface area contributed by atoms with Crippen molar-refractivity contribution in [2.24, 2.45) is 5.73 Å². The number of nitrogens with one attached hydrogen (secondary N) is 1. The molecule has 0 amide bonds. The number of pyridine rings is 1. The Kier molecular flexibility index (Phi) is 7.05. The van der Waals surface area contributed by atoms with Crippen LogP contribution in [-0.2, 0) is 16.1 Å². The van der Waals surface area contributed by atoms with Crippen molar-refractivity contribution in [1.29, 1.82) is 0 Å². The van der Waals surface area contributed by atoms with Gasteiger partial charge in [0, 0.05) is 43.2 Å². The number of anilines is 2. The number of nitrogens with two attached hydrogens (primary N) is 1. The summed E-state index contributed by atoms with van der Waals surface area (Å²) >= 11 is 3.54. The molecule has 170 valence electrons. The Morgan fingerprint density at radius 2 is 2.31 bits per heavy atom. The summed E-state index contributed by atoms with van der Waals surface area (Å²) in [7, 11) is 0. The van der Waals surface area contributed by atoms with Crippen LogP contribution in [-0.4, -0.2) is 46.3 Å². The summed E-state index contributed by atoms with van der Waals surface area (Å²) in [6.45, 7) is 1.57. The minimum atomic E-state index is -0.387. The minimum Gasteiger partial charge on any atom is -0.619 e. The highest BCUT2D eigenvalue weighted by molar-refractivity contribution is 9.10. The molecule has 0 aliphatic carbocycles. The molecule has 4 rings (SSSR count). The molecule has 11 heteroatoms.